The topological polar surface area (TPSA) is 59.1 Å². The molecule has 0 aliphatic heterocycles. The molecule has 0 bridgehead atoms. The van der Waals surface area contributed by atoms with E-state index in [2.05, 4.69) is 4.98 Å². The van der Waals surface area contributed by atoms with Crippen molar-refractivity contribution in [3.63, 3.8) is 0 Å². The van der Waals surface area contributed by atoms with Gasteiger partial charge in [0.15, 0.2) is 0 Å². The molecule has 1 aromatic carbocycles. The van der Waals surface area contributed by atoms with Crippen LogP contribution in [-0.2, 0) is 0 Å². The molecule has 0 fully saturated rings. The van der Waals surface area contributed by atoms with E-state index in [9.17, 15) is 5.11 Å². The van der Waals surface area contributed by atoms with E-state index in [1.165, 1.54) is 0 Å². The van der Waals surface area contributed by atoms with Gasteiger partial charge in [-0.1, -0.05) is 24.4 Å². The van der Waals surface area contributed by atoms with Crippen LogP contribution in [-0.4, -0.2) is 15.1 Å². The third-order valence-corrected chi connectivity index (χ3v) is 2.46. The first-order valence-electron chi connectivity index (χ1n) is 4.71. The summed E-state index contributed by atoms with van der Waals surface area (Å²) in [5.74, 6) is 0.238. The third-order valence-electron chi connectivity index (χ3n) is 2.22. The Hall–Kier alpha value is -1.94. The molecule has 0 spiro atoms. The minimum atomic E-state index is 0.238. The lowest BCUT2D eigenvalue weighted by Crippen LogP contribution is -2.09. The van der Waals surface area contributed by atoms with Crippen LogP contribution in [0.2, 0.25) is 0 Å². The van der Waals surface area contributed by atoms with Gasteiger partial charge < -0.3 is 10.8 Å². The zero-order valence-electron chi connectivity index (χ0n) is 8.42. The van der Waals surface area contributed by atoms with Crippen molar-refractivity contribution in [2.45, 2.75) is 0 Å². The van der Waals surface area contributed by atoms with Gasteiger partial charge >= 0.3 is 0 Å². The van der Waals surface area contributed by atoms with Crippen LogP contribution in [0.3, 0.4) is 0 Å². The Kier molecular flexibility index (Phi) is 2.83. The number of phenolic OH excluding ortho intramolecular Hbond substituents is 1. The van der Waals surface area contributed by atoms with Gasteiger partial charge in [-0.2, -0.15) is 0 Å². The summed E-state index contributed by atoms with van der Waals surface area (Å²) in [6.45, 7) is 0. The van der Waals surface area contributed by atoms with Gasteiger partial charge in [-0.15, -0.1) is 0 Å². The van der Waals surface area contributed by atoms with Crippen molar-refractivity contribution in [3.8, 4) is 16.9 Å². The van der Waals surface area contributed by atoms with Gasteiger partial charge in [-0.3, -0.25) is 4.98 Å². The van der Waals surface area contributed by atoms with Gasteiger partial charge in [0.2, 0.25) is 0 Å². The van der Waals surface area contributed by atoms with E-state index in [0.717, 1.165) is 16.7 Å². The van der Waals surface area contributed by atoms with Crippen LogP contribution >= 0.6 is 12.2 Å². The van der Waals surface area contributed by atoms with Crippen molar-refractivity contribution in [2.75, 3.05) is 0 Å². The van der Waals surface area contributed by atoms with Gasteiger partial charge in [0.1, 0.15) is 10.7 Å². The molecule has 3 nitrogen and oxygen atoms in total. The number of phenols is 1. The molecule has 0 radical (unpaired) electrons. The standard InChI is InChI=1S/C12H10N2OS/c13-12(16)10-5-9(6-14-7-10)8-1-3-11(15)4-2-8/h1-7,15H,(H2,13,16). The highest BCUT2D eigenvalue weighted by Crippen LogP contribution is 2.21. The van der Waals surface area contributed by atoms with Crippen LogP contribution in [0.25, 0.3) is 11.1 Å². The Morgan fingerprint density at radius 1 is 1.12 bits per heavy atom. The van der Waals surface area contributed by atoms with Crippen LogP contribution in [0.1, 0.15) is 5.56 Å². The van der Waals surface area contributed by atoms with E-state index in [4.69, 9.17) is 18.0 Å². The average molecular weight is 230 g/mol. The van der Waals surface area contributed by atoms with Crippen molar-refractivity contribution in [2.24, 2.45) is 5.73 Å². The minimum Gasteiger partial charge on any atom is -0.508 e. The largest absolute Gasteiger partial charge is 0.508 e. The highest BCUT2D eigenvalue weighted by molar-refractivity contribution is 7.80. The van der Waals surface area contributed by atoms with Crippen molar-refractivity contribution in [3.05, 3.63) is 48.3 Å². The van der Waals surface area contributed by atoms with Gasteiger partial charge in [0, 0.05) is 23.5 Å². The third kappa shape index (κ3) is 2.17. The Labute approximate surface area is 98.6 Å². The first-order valence-corrected chi connectivity index (χ1v) is 5.12. The Morgan fingerprint density at radius 3 is 2.44 bits per heavy atom. The highest BCUT2D eigenvalue weighted by atomic mass is 32.1. The number of thiocarbonyl (C=S) groups is 1. The molecule has 80 valence electrons. The lowest BCUT2D eigenvalue weighted by Gasteiger charge is -2.03. The van der Waals surface area contributed by atoms with Gasteiger partial charge in [-0.05, 0) is 23.8 Å². The van der Waals surface area contributed by atoms with Crippen LogP contribution in [0, 0.1) is 0 Å². The predicted molar refractivity (Wildman–Crippen MR) is 67.2 cm³/mol. The molecule has 1 heterocycles. The SMILES string of the molecule is NC(=S)c1cncc(-c2ccc(O)cc2)c1. The molecule has 0 atom stereocenters. The molecular weight excluding hydrogens is 220 g/mol. The monoisotopic (exact) mass is 230 g/mol. The molecule has 1 aromatic heterocycles. The number of rotatable bonds is 2. The summed E-state index contributed by atoms with van der Waals surface area (Å²) in [7, 11) is 0. The van der Waals surface area contributed by atoms with E-state index in [1.54, 1.807) is 24.5 Å². The predicted octanol–water partition coefficient (Wildman–Crippen LogP) is 2.09. The van der Waals surface area contributed by atoms with Crippen molar-refractivity contribution in [1.29, 1.82) is 0 Å². The lowest BCUT2D eigenvalue weighted by atomic mass is 10.1. The number of aromatic hydroxyl groups is 1. The molecule has 0 aliphatic carbocycles. The molecule has 0 aliphatic rings. The van der Waals surface area contributed by atoms with Crippen LogP contribution in [0.15, 0.2) is 42.7 Å². The summed E-state index contributed by atoms with van der Waals surface area (Å²) in [6, 6.07) is 8.76. The first kappa shape index (κ1) is 10.6. The van der Waals surface area contributed by atoms with Crippen molar-refractivity contribution in [1.82, 2.24) is 4.98 Å². The number of hydrogen-bond donors (Lipinski definition) is 2. The highest BCUT2D eigenvalue weighted by Gasteiger charge is 2.01. The van der Waals surface area contributed by atoms with E-state index in [0.29, 0.717) is 4.99 Å². The number of nitrogens with two attached hydrogens (primary N) is 1. The summed E-state index contributed by atoms with van der Waals surface area (Å²) < 4.78 is 0. The molecule has 0 amide bonds. The van der Waals surface area contributed by atoms with E-state index in [-0.39, 0.29) is 5.75 Å². The second-order valence-electron chi connectivity index (χ2n) is 3.37. The fourth-order valence-electron chi connectivity index (χ4n) is 1.39. The van der Waals surface area contributed by atoms with E-state index < -0.39 is 0 Å². The summed E-state index contributed by atoms with van der Waals surface area (Å²) >= 11 is 4.89. The fraction of sp³-hybridized carbons (Fsp3) is 0. The molecule has 3 N–H and O–H groups in total. The summed E-state index contributed by atoms with van der Waals surface area (Å²) in [5.41, 5.74) is 8.16. The van der Waals surface area contributed by atoms with Crippen LogP contribution in [0.5, 0.6) is 5.75 Å². The van der Waals surface area contributed by atoms with E-state index in [1.807, 2.05) is 18.2 Å². The maximum atomic E-state index is 9.19. The summed E-state index contributed by atoms with van der Waals surface area (Å²) in [5, 5.41) is 9.19. The molecular formula is C12H10N2OS. The maximum Gasteiger partial charge on any atom is 0.115 e. The molecule has 16 heavy (non-hydrogen) atoms. The second kappa shape index (κ2) is 4.28. The van der Waals surface area contributed by atoms with Crippen LogP contribution < -0.4 is 5.73 Å². The molecule has 0 saturated heterocycles. The quantitative estimate of drug-likeness (QED) is 0.775. The number of hydrogen-bond acceptors (Lipinski definition) is 3. The average Bonchev–Trinajstić information content (AvgIpc) is 2.30. The van der Waals surface area contributed by atoms with Gasteiger partial charge in [0.05, 0.1) is 0 Å². The Bertz CT molecular complexity index is 523. The van der Waals surface area contributed by atoms with Crippen molar-refractivity contribution < 1.29 is 5.11 Å². The van der Waals surface area contributed by atoms with Crippen LogP contribution in [0.4, 0.5) is 0 Å². The number of nitrogens with zero attached hydrogens (tertiary/aromatic N) is 1. The lowest BCUT2D eigenvalue weighted by molar-refractivity contribution is 0.475. The smallest absolute Gasteiger partial charge is 0.115 e. The zero-order valence-corrected chi connectivity index (χ0v) is 9.24. The Morgan fingerprint density at radius 2 is 1.81 bits per heavy atom. The number of pyridine rings is 1. The van der Waals surface area contributed by atoms with E-state index >= 15 is 0 Å². The van der Waals surface area contributed by atoms with Crippen molar-refractivity contribution >= 4 is 17.2 Å². The summed E-state index contributed by atoms with van der Waals surface area (Å²) in [4.78, 5) is 4.40. The molecule has 4 heteroatoms. The van der Waals surface area contributed by atoms with Gasteiger partial charge in [-0.25, -0.2) is 0 Å². The second-order valence-corrected chi connectivity index (χ2v) is 3.81. The maximum absolute atomic E-state index is 9.19. The first-order chi connectivity index (χ1) is 7.66. The molecule has 0 unspecified atom stereocenters. The molecule has 2 aromatic rings. The summed E-state index contributed by atoms with van der Waals surface area (Å²) in [6.07, 6.45) is 3.36. The zero-order chi connectivity index (χ0) is 11.5. The Balaban J connectivity index is 2.44. The number of benzene rings is 1. The van der Waals surface area contributed by atoms with Gasteiger partial charge in [0.25, 0.3) is 0 Å². The minimum absolute atomic E-state index is 0.238. The molecule has 0 saturated carbocycles. The number of aromatic nitrogens is 1. The fourth-order valence-corrected chi connectivity index (χ4v) is 1.50. The molecule has 2 rings (SSSR count). The normalized spacial score (nSPS) is 10.0.